The van der Waals surface area contributed by atoms with E-state index in [9.17, 15) is 22.8 Å². The molecule has 0 fully saturated rings. The molecule has 6 nitrogen and oxygen atoms in total. The molecule has 0 unspecified atom stereocenters. The average molecular weight is 447 g/mol. The highest BCUT2D eigenvalue weighted by atomic mass is 35.5. The molecule has 0 atom stereocenters. The van der Waals surface area contributed by atoms with Gasteiger partial charge in [0, 0.05) is 16.4 Å². The molecule has 10 heteroatoms. The number of hydrogen-bond donors (Lipinski definition) is 2. The summed E-state index contributed by atoms with van der Waals surface area (Å²) < 4.78 is 41.7. The van der Waals surface area contributed by atoms with Crippen LogP contribution in [0.3, 0.4) is 0 Å². The van der Waals surface area contributed by atoms with Gasteiger partial charge in [-0.05, 0) is 36.8 Å². The summed E-state index contributed by atoms with van der Waals surface area (Å²) in [4.78, 5) is 28.5. The predicted molar refractivity (Wildman–Crippen MR) is 110 cm³/mol. The largest absolute Gasteiger partial charge is 0.435 e. The Labute approximate surface area is 178 Å². The van der Waals surface area contributed by atoms with Crippen molar-refractivity contribution in [2.45, 2.75) is 13.1 Å². The van der Waals surface area contributed by atoms with Crippen LogP contribution in [0.25, 0.3) is 16.8 Å². The lowest BCUT2D eigenvalue weighted by atomic mass is 10.1. The minimum atomic E-state index is -4.81. The lowest BCUT2D eigenvalue weighted by Crippen LogP contribution is -2.29. The van der Waals surface area contributed by atoms with Crippen molar-refractivity contribution in [3.63, 3.8) is 0 Å². The van der Waals surface area contributed by atoms with Crippen LogP contribution in [0.5, 0.6) is 0 Å². The molecule has 158 valence electrons. The Hall–Kier alpha value is -3.59. The monoisotopic (exact) mass is 446 g/mol. The summed E-state index contributed by atoms with van der Waals surface area (Å²) >= 11 is 5.81. The number of aromatic amines is 1. The first-order valence-corrected chi connectivity index (χ1v) is 9.40. The second-order valence-electron chi connectivity index (χ2n) is 6.74. The summed E-state index contributed by atoms with van der Waals surface area (Å²) in [6, 6.07) is 14.0. The molecule has 2 N–H and O–H groups in total. The quantitative estimate of drug-likeness (QED) is 0.468. The number of fused-ring (bicyclic) bond motifs is 1. The molecule has 0 spiro atoms. The van der Waals surface area contributed by atoms with Crippen LogP contribution in [0.2, 0.25) is 5.02 Å². The smallest absolute Gasteiger partial charge is 0.342 e. The molecule has 31 heavy (non-hydrogen) atoms. The maximum absolute atomic E-state index is 13.7. The van der Waals surface area contributed by atoms with Crippen molar-refractivity contribution in [3.8, 4) is 11.1 Å². The van der Waals surface area contributed by atoms with Gasteiger partial charge in [-0.3, -0.25) is 9.59 Å². The number of nitrogens with one attached hydrogen (secondary N) is 2. The van der Waals surface area contributed by atoms with E-state index in [1.54, 1.807) is 30.3 Å². The van der Waals surface area contributed by atoms with E-state index in [1.165, 1.54) is 31.2 Å². The second-order valence-corrected chi connectivity index (χ2v) is 7.18. The fraction of sp³-hybridized carbons (Fsp3) is 0.0952. The van der Waals surface area contributed by atoms with Crippen molar-refractivity contribution in [1.29, 1.82) is 0 Å². The first-order chi connectivity index (χ1) is 14.7. The van der Waals surface area contributed by atoms with Crippen LogP contribution in [0.1, 0.15) is 21.7 Å². The van der Waals surface area contributed by atoms with E-state index in [1.807, 2.05) is 0 Å². The van der Waals surface area contributed by atoms with Gasteiger partial charge in [0.05, 0.1) is 5.56 Å². The van der Waals surface area contributed by atoms with Crippen molar-refractivity contribution in [2.24, 2.45) is 0 Å². The van der Waals surface area contributed by atoms with Gasteiger partial charge >= 0.3 is 6.18 Å². The number of rotatable bonds is 3. The number of benzene rings is 2. The minimum absolute atomic E-state index is 0.106. The fourth-order valence-corrected chi connectivity index (χ4v) is 3.38. The Morgan fingerprint density at radius 3 is 2.35 bits per heavy atom. The van der Waals surface area contributed by atoms with E-state index >= 15 is 0 Å². The zero-order valence-electron chi connectivity index (χ0n) is 15.9. The SMILES string of the molecule is Cc1[nH]c2c(-c3ccccc3)c(C(F)(F)F)nn2c(=O)c1C(=O)Nc1ccc(Cl)cc1. The number of amides is 1. The molecule has 2 aromatic heterocycles. The van der Waals surface area contributed by atoms with Gasteiger partial charge in [0.25, 0.3) is 11.5 Å². The lowest BCUT2D eigenvalue weighted by Gasteiger charge is -2.09. The Bertz CT molecular complexity index is 1340. The normalized spacial score (nSPS) is 11.6. The summed E-state index contributed by atoms with van der Waals surface area (Å²) in [6.45, 7) is 1.44. The zero-order chi connectivity index (χ0) is 22.3. The summed E-state index contributed by atoms with van der Waals surface area (Å²) in [5, 5.41) is 6.50. The van der Waals surface area contributed by atoms with Crippen molar-refractivity contribution in [1.82, 2.24) is 14.6 Å². The number of aromatic nitrogens is 3. The number of alkyl halides is 3. The molecule has 1 amide bonds. The van der Waals surface area contributed by atoms with E-state index in [-0.39, 0.29) is 28.0 Å². The number of nitrogens with zero attached hydrogens (tertiary/aromatic N) is 2. The van der Waals surface area contributed by atoms with E-state index < -0.39 is 23.3 Å². The van der Waals surface area contributed by atoms with E-state index in [4.69, 9.17) is 11.6 Å². The second kappa shape index (κ2) is 7.59. The zero-order valence-corrected chi connectivity index (χ0v) is 16.7. The van der Waals surface area contributed by atoms with Crippen molar-refractivity contribution in [3.05, 3.63) is 86.9 Å². The van der Waals surface area contributed by atoms with Crippen molar-refractivity contribution >= 4 is 28.8 Å². The highest BCUT2D eigenvalue weighted by Crippen LogP contribution is 2.38. The number of H-pyrrole nitrogens is 1. The van der Waals surface area contributed by atoms with Crippen LogP contribution in [-0.2, 0) is 6.18 Å². The number of carbonyl (C=O) groups is 1. The van der Waals surface area contributed by atoms with Crippen LogP contribution < -0.4 is 10.9 Å². The molecule has 0 saturated carbocycles. The van der Waals surface area contributed by atoms with Crippen molar-refractivity contribution in [2.75, 3.05) is 5.32 Å². The Kier molecular flexibility index (Phi) is 5.06. The molecule has 0 saturated heterocycles. The van der Waals surface area contributed by atoms with Crippen molar-refractivity contribution < 1.29 is 18.0 Å². The van der Waals surface area contributed by atoms with E-state index in [0.717, 1.165) is 0 Å². The molecule has 4 aromatic rings. The van der Waals surface area contributed by atoms with Gasteiger partial charge in [-0.2, -0.15) is 22.8 Å². The number of halogens is 4. The third-order valence-electron chi connectivity index (χ3n) is 4.63. The van der Waals surface area contributed by atoms with Crippen LogP contribution in [0.4, 0.5) is 18.9 Å². The van der Waals surface area contributed by atoms with Gasteiger partial charge in [0.1, 0.15) is 11.2 Å². The predicted octanol–water partition coefficient (Wildman–Crippen LogP) is 4.92. The summed E-state index contributed by atoms with van der Waals surface area (Å²) in [5.41, 5.74) is -2.24. The highest BCUT2D eigenvalue weighted by molar-refractivity contribution is 6.30. The minimum Gasteiger partial charge on any atom is -0.342 e. The first-order valence-electron chi connectivity index (χ1n) is 9.02. The third-order valence-corrected chi connectivity index (χ3v) is 4.88. The van der Waals surface area contributed by atoms with Gasteiger partial charge < -0.3 is 10.3 Å². The fourth-order valence-electron chi connectivity index (χ4n) is 3.26. The molecule has 4 rings (SSSR count). The number of aryl methyl sites for hydroxylation is 1. The van der Waals surface area contributed by atoms with Gasteiger partial charge in [0.15, 0.2) is 5.69 Å². The average Bonchev–Trinajstić information content (AvgIpc) is 3.10. The topological polar surface area (TPSA) is 79.3 Å². The molecule has 0 aliphatic carbocycles. The maximum atomic E-state index is 13.7. The van der Waals surface area contributed by atoms with Crippen LogP contribution in [0, 0.1) is 6.92 Å². The maximum Gasteiger partial charge on any atom is 0.435 e. The van der Waals surface area contributed by atoms with Crippen LogP contribution in [-0.4, -0.2) is 20.5 Å². The summed E-state index contributed by atoms with van der Waals surface area (Å²) in [6.07, 6.45) is -4.81. The highest BCUT2D eigenvalue weighted by Gasteiger charge is 2.39. The van der Waals surface area contributed by atoms with E-state index in [2.05, 4.69) is 15.4 Å². The molecule has 2 aromatic carbocycles. The van der Waals surface area contributed by atoms with E-state index in [0.29, 0.717) is 15.2 Å². The van der Waals surface area contributed by atoms with Gasteiger partial charge in [-0.25, -0.2) is 0 Å². The number of hydrogen-bond acceptors (Lipinski definition) is 3. The van der Waals surface area contributed by atoms with Crippen LogP contribution >= 0.6 is 11.6 Å². The standard InChI is InChI=1S/C21H14ClF3N4O2/c1-11-15(19(30)27-14-9-7-13(22)8-10-14)20(31)29-18(26-11)16(12-5-3-2-4-6-12)17(28-29)21(23,24)25/h2-10,26H,1H3,(H,27,30). The number of anilines is 1. The lowest BCUT2D eigenvalue weighted by molar-refractivity contribution is -0.140. The summed E-state index contributed by atoms with van der Waals surface area (Å²) in [5.74, 6) is -0.784. The molecule has 0 aliphatic heterocycles. The molecule has 0 radical (unpaired) electrons. The first kappa shape index (κ1) is 20.7. The molecular weight excluding hydrogens is 433 g/mol. The molecule has 2 heterocycles. The van der Waals surface area contributed by atoms with Gasteiger partial charge in [-0.1, -0.05) is 41.9 Å². The summed E-state index contributed by atoms with van der Waals surface area (Å²) in [7, 11) is 0. The van der Waals surface area contributed by atoms with Gasteiger partial charge in [-0.15, -0.1) is 0 Å². The van der Waals surface area contributed by atoms with Crippen LogP contribution in [0.15, 0.2) is 59.4 Å². The molecule has 0 bridgehead atoms. The number of carbonyl (C=O) groups excluding carboxylic acids is 1. The third kappa shape index (κ3) is 3.79. The Balaban J connectivity index is 1.90. The Morgan fingerprint density at radius 1 is 1.10 bits per heavy atom. The molecule has 0 aliphatic rings. The Morgan fingerprint density at radius 2 is 1.74 bits per heavy atom. The van der Waals surface area contributed by atoms with Gasteiger partial charge in [0.2, 0.25) is 0 Å². The molecular formula is C21H14ClF3N4O2.